The number of nitrogens with zero attached hydrogens (tertiary/aromatic N) is 3. The van der Waals surface area contributed by atoms with Crippen LogP contribution in [0.2, 0.25) is 0 Å². The molecular formula is C28H23N3O4. The number of allylic oxidation sites excluding steroid dienone is 2. The molecule has 0 spiro atoms. The lowest BCUT2D eigenvalue weighted by atomic mass is 10.1. The molecule has 4 aromatic rings. The fourth-order valence-corrected chi connectivity index (χ4v) is 3.31. The summed E-state index contributed by atoms with van der Waals surface area (Å²) in [7, 11) is 1.55. The van der Waals surface area contributed by atoms with E-state index in [2.05, 4.69) is 15.0 Å². The molecule has 0 atom stereocenters. The molecular weight excluding hydrogens is 442 g/mol. The Labute approximate surface area is 202 Å². The van der Waals surface area contributed by atoms with Gasteiger partial charge in [0, 0.05) is 30.2 Å². The van der Waals surface area contributed by atoms with E-state index in [1.165, 1.54) is 12.2 Å². The lowest BCUT2D eigenvalue weighted by Gasteiger charge is -2.09. The highest BCUT2D eigenvalue weighted by Gasteiger charge is 2.07. The average molecular weight is 466 g/mol. The first-order chi connectivity index (χ1) is 17.1. The number of hydrogen-bond acceptors (Lipinski definition) is 7. The van der Waals surface area contributed by atoms with Gasteiger partial charge in [0.2, 0.25) is 0 Å². The van der Waals surface area contributed by atoms with E-state index in [-0.39, 0.29) is 18.0 Å². The standard InChI is InChI=1S/C28H23N3O4/c1-34-28-18-25(35-19-22-4-2-3-13-29-22)11-8-21(28)7-10-24(33)17-23(32)9-5-20-6-12-26-27(16-20)31-15-14-30-26/h2-16,18H,17,19H2,1H3. The molecule has 0 fully saturated rings. The van der Waals surface area contributed by atoms with E-state index in [0.29, 0.717) is 23.7 Å². The van der Waals surface area contributed by atoms with E-state index >= 15 is 0 Å². The number of methoxy groups -OCH3 is 1. The molecule has 0 aliphatic carbocycles. The summed E-state index contributed by atoms with van der Waals surface area (Å²) in [6.45, 7) is 0.333. The van der Waals surface area contributed by atoms with Gasteiger partial charge in [-0.25, -0.2) is 0 Å². The molecule has 2 aromatic carbocycles. The second-order valence-electron chi connectivity index (χ2n) is 7.59. The summed E-state index contributed by atoms with van der Waals surface area (Å²) in [5, 5.41) is 0. The van der Waals surface area contributed by atoms with Gasteiger partial charge in [-0.1, -0.05) is 18.2 Å². The normalized spacial score (nSPS) is 11.2. The van der Waals surface area contributed by atoms with Gasteiger partial charge in [0.25, 0.3) is 0 Å². The minimum absolute atomic E-state index is 0.228. The lowest BCUT2D eigenvalue weighted by molar-refractivity contribution is -0.121. The second kappa shape index (κ2) is 11.5. The minimum atomic E-state index is -0.304. The number of aromatic nitrogens is 3. The first kappa shape index (κ1) is 23.5. The van der Waals surface area contributed by atoms with Crippen molar-refractivity contribution in [1.29, 1.82) is 0 Å². The van der Waals surface area contributed by atoms with Gasteiger partial charge >= 0.3 is 0 Å². The van der Waals surface area contributed by atoms with E-state index in [4.69, 9.17) is 9.47 Å². The van der Waals surface area contributed by atoms with Crippen molar-refractivity contribution >= 4 is 34.8 Å². The zero-order valence-electron chi connectivity index (χ0n) is 19.1. The van der Waals surface area contributed by atoms with Gasteiger partial charge < -0.3 is 9.47 Å². The molecule has 174 valence electrons. The molecule has 0 unspecified atom stereocenters. The highest BCUT2D eigenvalue weighted by Crippen LogP contribution is 2.26. The molecule has 0 radical (unpaired) electrons. The van der Waals surface area contributed by atoms with Crippen LogP contribution in [-0.2, 0) is 16.2 Å². The number of carbonyl (C=O) groups is 2. The van der Waals surface area contributed by atoms with E-state index in [1.54, 1.807) is 56.1 Å². The van der Waals surface area contributed by atoms with Crippen LogP contribution < -0.4 is 9.47 Å². The number of rotatable bonds is 10. The van der Waals surface area contributed by atoms with Crippen LogP contribution in [0.15, 0.2) is 85.3 Å². The van der Waals surface area contributed by atoms with Crippen molar-refractivity contribution in [2.45, 2.75) is 13.0 Å². The Morgan fingerprint density at radius 1 is 0.829 bits per heavy atom. The highest BCUT2D eigenvalue weighted by molar-refractivity contribution is 6.11. The van der Waals surface area contributed by atoms with Gasteiger partial charge in [-0.2, -0.15) is 0 Å². The fourth-order valence-electron chi connectivity index (χ4n) is 3.31. The number of benzene rings is 2. The van der Waals surface area contributed by atoms with Gasteiger partial charge in [0.1, 0.15) is 18.1 Å². The third-order valence-corrected chi connectivity index (χ3v) is 5.07. The van der Waals surface area contributed by atoms with Crippen LogP contribution in [0.25, 0.3) is 23.2 Å². The Hall–Kier alpha value is -4.65. The largest absolute Gasteiger partial charge is 0.496 e. The van der Waals surface area contributed by atoms with Crippen LogP contribution in [0.3, 0.4) is 0 Å². The first-order valence-corrected chi connectivity index (χ1v) is 10.9. The summed E-state index contributed by atoms with van der Waals surface area (Å²) < 4.78 is 11.2. The maximum absolute atomic E-state index is 12.3. The van der Waals surface area contributed by atoms with E-state index in [9.17, 15) is 9.59 Å². The van der Waals surface area contributed by atoms with Crippen molar-refractivity contribution in [1.82, 2.24) is 15.0 Å². The third-order valence-electron chi connectivity index (χ3n) is 5.07. The van der Waals surface area contributed by atoms with Gasteiger partial charge in [-0.05, 0) is 60.2 Å². The maximum Gasteiger partial charge on any atom is 0.163 e. The van der Waals surface area contributed by atoms with Crippen molar-refractivity contribution in [2.75, 3.05) is 7.11 Å². The molecule has 7 heteroatoms. The lowest BCUT2D eigenvalue weighted by Crippen LogP contribution is -2.02. The molecule has 35 heavy (non-hydrogen) atoms. The average Bonchev–Trinajstić information content (AvgIpc) is 2.90. The number of pyridine rings is 1. The molecule has 0 amide bonds. The smallest absolute Gasteiger partial charge is 0.163 e. The number of hydrogen-bond donors (Lipinski definition) is 0. The Balaban J connectivity index is 1.33. The quantitative estimate of drug-likeness (QED) is 0.244. The summed E-state index contributed by atoms with van der Waals surface area (Å²) in [4.78, 5) is 37.2. The predicted molar refractivity (Wildman–Crippen MR) is 134 cm³/mol. The van der Waals surface area contributed by atoms with Crippen LogP contribution >= 0.6 is 0 Å². The fraction of sp³-hybridized carbons (Fsp3) is 0.107. The van der Waals surface area contributed by atoms with E-state index in [0.717, 1.165) is 22.3 Å². The van der Waals surface area contributed by atoms with Gasteiger partial charge in [-0.3, -0.25) is 24.5 Å². The van der Waals surface area contributed by atoms with Gasteiger partial charge in [-0.15, -0.1) is 0 Å². The number of carbonyl (C=O) groups excluding carboxylic acids is 2. The molecule has 4 rings (SSSR count). The topological polar surface area (TPSA) is 91.3 Å². The number of fused-ring (bicyclic) bond motifs is 1. The Morgan fingerprint density at radius 3 is 2.40 bits per heavy atom. The van der Waals surface area contributed by atoms with Crippen molar-refractivity contribution in [2.24, 2.45) is 0 Å². The van der Waals surface area contributed by atoms with Crippen molar-refractivity contribution in [3.8, 4) is 11.5 Å². The van der Waals surface area contributed by atoms with Gasteiger partial charge in [0.15, 0.2) is 11.6 Å². The molecule has 7 nitrogen and oxygen atoms in total. The van der Waals surface area contributed by atoms with Crippen molar-refractivity contribution < 1.29 is 19.1 Å². The molecule has 0 N–H and O–H groups in total. The maximum atomic E-state index is 12.3. The summed E-state index contributed by atoms with van der Waals surface area (Å²) in [6, 6.07) is 16.5. The zero-order valence-corrected chi connectivity index (χ0v) is 19.1. The summed E-state index contributed by atoms with van der Waals surface area (Å²) >= 11 is 0. The summed E-state index contributed by atoms with van der Waals surface area (Å²) in [6.07, 6.45) is 10.8. The zero-order chi connectivity index (χ0) is 24.5. The second-order valence-corrected chi connectivity index (χ2v) is 7.59. The summed E-state index contributed by atoms with van der Waals surface area (Å²) in [5.41, 5.74) is 3.84. The third kappa shape index (κ3) is 6.68. The number of ether oxygens (including phenoxy) is 2. The minimum Gasteiger partial charge on any atom is -0.496 e. The monoisotopic (exact) mass is 465 g/mol. The first-order valence-electron chi connectivity index (χ1n) is 10.9. The van der Waals surface area contributed by atoms with Crippen LogP contribution in [-0.4, -0.2) is 33.6 Å². The van der Waals surface area contributed by atoms with E-state index < -0.39 is 0 Å². The highest BCUT2D eigenvalue weighted by atomic mass is 16.5. The van der Waals surface area contributed by atoms with E-state index in [1.807, 2.05) is 36.4 Å². The molecule has 0 aliphatic heterocycles. The SMILES string of the molecule is COc1cc(OCc2ccccn2)ccc1C=CC(=O)CC(=O)C=Cc1ccc2nccnc2c1. The number of ketones is 2. The molecule has 0 saturated heterocycles. The van der Waals surface area contributed by atoms with Crippen LogP contribution in [0.4, 0.5) is 0 Å². The van der Waals surface area contributed by atoms with Crippen molar-refractivity contribution in [3.63, 3.8) is 0 Å². The molecule has 0 saturated carbocycles. The molecule has 0 aliphatic rings. The van der Waals surface area contributed by atoms with Crippen LogP contribution in [0.5, 0.6) is 11.5 Å². The van der Waals surface area contributed by atoms with Crippen LogP contribution in [0.1, 0.15) is 23.2 Å². The molecule has 2 heterocycles. The Morgan fingerprint density at radius 2 is 1.63 bits per heavy atom. The molecule has 2 aromatic heterocycles. The van der Waals surface area contributed by atoms with Gasteiger partial charge in [0.05, 0.1) is 30.3 Å². The Kier molecular flexibility index (Phi) is 7.70. The molecule has 0 bridgehead atoms. The predicted octanol–water partition coefficient (Wildman–Crippen LogP) is 4.87. The Bertz CT molecular complexity index is 1400. The van der Waals surface area contributed by atoms with Crippen molar-refractivity contribution in [3.05, 3.63) is 102 Å². The van der Waals surface area contributed by atoms with Crippen LogP contribution in [0, 0.1) is 0 Å². The summed E-state index contributed by atoms with van der Waals surface area (Å²) in [5.74, 6) is 0.583.